The number of carbonyl (C=O) groups is 1. The highest BCUT2D eigenvalue weighted by atomic mass is 16.3. The maximum Gasteiger partial charge on any atom is 0.237 e. The van der Waals surface area contributed by atoms with Crippen molar-refractivity contribution in [2.75, 3.05) is 20.2 Å². The van der Waals surface area contributed by atoms with Crippen molar-refractivity contribution in [2.24, 2.45) is 0 Å². The number of nitrogens with one attached hydrogen (secondary N) is 1. The summed E-state index contributed by atoms with van der Waals surface area (Å²) in [4.78, 5) is 14.4. The van der Waals surface area contributed by atoms with Gasteiger partial charge in [0.25, 0.3) is 0 Å². The number of nitriles is 1. The lowest BCUT2D eigenvalue weighted by atomic mass is 9.81. The van der Waals surface area contributed by atoms with E-state index in [0.29, 0.717) is 0 Å². The summed E-state index contributed by atoms with van der Waals surface area (Å²) < 4.78 is 0. The van der Waals surface area contributed by atoms with E-state index in [1.165, 1.54) is 5.56 Å². The molecule has 3 rings (SSSR count). The van der Waals surface area contributed by atoms with E-state index in [4.69, 9.17) is 0 Å². The van der Waals surface area contributed by atoms with Crippen LogP contribution in [-0.2, 0) is 16.8 Å². The molecular formula is C20H27N3O2. The number of benzene rings is 1. The maximum absolute atomic E-state index is 12.8. The Balaban J connectivity index is 1.70. The van der Waals surface area contributed by atoms with Crippen LogP contribution in [0.4, 0.5) is 0 Å². The Bertz CT molecular complexity index is 676. The molecule has 0 saturated heterocycles. The monoisotopic (exact) mass is 341 g/mol. The molecule has 0 radical (unpaired) electrons. The Hall–Kier alpha value is -1.90. The SMILES string of the molecule is CN(C(=O)CNC1(CO)CCc2ccccc21)C1(C#N)CCCCC1. The zero-order valence-electron chi connectivity index (χ0n) is 14.9. The topological polar surface area (TPSA) is 76.4 Å². The summed E-state index contributed by atoms with van der Waals surface area (Å²) in [5, 5.41) is 23.0. The van der Waals surface area contributed by atoms with Crippen LogP contribution in [0.3, 0.4) is 0 Å². The van der Waals surface area contributed by atoms with Gasteiger partial charge in [0, 0.05) is 7.05 Å². The summed E-state index contributed by atoms with van der Waals surface area (Å²) >= 11 is 0. The van der Waals surface area contributed by atoms with E-state index in [1.807, 2.05) is 18.2 Å². The molecule has 5 nitrogen and oxygen atoms in total. The highest BCUT2D eigenvalue weighted by molar-refractivity contribution is 5.79. The molecule has 0 heterocycles. The van der Waals surface area contributed by atoms with E-state index >= 15 is 0 Å². The average molecular weight is 341 g/mol. The number of hydrogen-bond acceptors (Lipinski definition) is 4. The van der Waals surface area contributed by atoms with Crippen LogP contribution < -0.4 is 5.32 Å². The van der Waals surface area contributed by atoms with Crippen LogP contribution >= 0.6 is 0 Å². The molecular weight excluding hydrogens is 314 g/mol. The highest BCUT2D eigenvalue weighted by Crippen LogP contribution is 2.37. The van der Waals surface area contributed by atoms with Gasteiger partial charge in [-0.1, -0.05) is 43.5 Å². The Kier molecular flexibility index (Phi) is 5.12. The van der Waals surface area contributed by atoms with Gasteiger partial charge in [0.1, 0.15) is 5.54 Å². The lowest BCUT2D eigenvalue weighted by Crippen LogP contribution is -2.54. The molecule has 1 fully saturated rings. The number of likely N-dealkylation sites (N-methyl/N-ethyl adjacent to an activating group) is 1. The fourth-order valence-electron chi connectivity index (χ4n) is 4.35. The first kappa shape index (κ1) is 17.9. The number of fused-ring (bicyclic) bond motifs is 1. The van der Waals surface area contributed by atoms with Gasteiger partial charge in [0.15, 0.2) is 0 Å². The molecule has 1 unspecified atom stereocenters. The molecule has 1 aromatic carbocycles. The molecule has 2 N–H and O–H groups in total. The summed E-state index contributed by atoms with van der Waals surface area (Å²) in [5.41, 5.74) is 1.09. The van der Waals surface area contributed by atoms with Crippen molar-refractivity contribution in [3.63, 3.8) is 0 Å². The van der Waals surface area contributed by atoms with E-state index < -0.39 is 11.1 Å². The molecule has 1 saturated carbocycles. The van der Waals surface area contributed by atoms with Crippen LogP contribution in [-0.4, -0.2) is 41.7 Å². The number of aryl methyl sites for hydroxylation is 1. The van der Waals surface area contributed by atoms with Crippen LogP contribution in [0.15, 0.2) is 24.3 Å². The highest BCUT2D eigenvalue weighted by Gasteiger charge is 2.41. The zero-order chi connectivity index (χ0) is 17.9. The van der Waals surface area contributed by atoms with Crippen molar-refractivity contribution in [1.82, 2.24) is 10.2 Å². The van der Waals surface area contributed by atoms with E-state index in [0.717, 1.165) is 50.5 Å². The summed E-state index contributed by atoms with van der Waals surface area (Å²) in [7, 11) is 1.74. The van der Waals surface area contributed by atoms with Gasteiger partial charge >= 0.3 is 0 Å². The van der Waals surface area contributed by atoms with Gasteiger partial charge in [0.2, 0.25) is 5.91 Å². The second-order valence-corrected chi connectivity index (χ2v) is 7.41. The number of hydrogen-bond donors (Lipinski definition) is 2. The Morgan fingerprint density at radius 1 is 1.28 bits per heavy atom. The van der Waals surface area contributed by atoms with Crippen LogP contribution in [0.1, 0.15) is 49.7 Å². The van der Waals surface area contributed by atoms with E-state index in [2.05, 4.69) is 17.5 Å². The summed E-state index contributed by atoms with van der Waals surface area (Å²) in [6.07, 6.45) is 6.30. The molecule has 2 aliphatic carbocycles. The predicted molar refractivity (Wildman–Crippen MR) is 95.7 cm³/mol. The number of carbonyl (C=O) groups excluding carboxylic acids is 1. The third-order valence-electron chi connectivity index (χ3n) is 6.11. The molecule has 5 heteroatoms. The molecule has 134 valence electrons. The lowest BCUT2D eigenvalue weighted by molar-refractivity contribution is -0.134. The van der Waals surface area contributed by atoms with Gasteiger partial charge in [-0.3, -0.25) is 10.1 Å². The second kappa shape index (κ2) is 7.15. The van der Waals surface area contributed by atoms with E-state index in [-0.39, 0.29) is 19.1 Å². The number of nitrogens with zero attached hydrogens (tertiary/aromatic N) is 2. The Labute approximate surface area is 149 Å². The molecule has 1 aromatic rings. The van der Waals surface area contributed by atoms with Crippen LogP contribution in [0.5, 0.6) is 0 Å². The van der Waals surface area contributed by atoms with Crippen LogP contribution in [0.2, 0.25) is 0 Å². The van der Waals surface area contributed by atoms with Crippen molar-refractivity contribution in [3.05, 3.63) is 35.4 Å². The largest absolute Gasteiger partial charge is 0.394 e. The van der Waals surface area contributed by atoms with Crippen LogP contribution in [0.25, 0.3) is 0 Å². The molecule has 2 aliphatic rings. The molecule has 0 bridgehead atoms. The van der Waals surface area contributed by atoms with Crippen molar-refractivity contribution in [3.8, 4) is 6.07 Å². The van der Waals surface area contributed by atoms with Gasteiger partial charge in [0.05, 0.1) is 24.8 Å². The van der Waals surface area contributed by atoms with Gasteiger partial charge < -0.3 is 10.0 Å². The van der Waals surface area contributed by atoms with Gasteiger partial charge in [-0.15, -0.1) is 0 Å². The minimum atomic E-state index is -0.670. The fraction of sp³-hybridized carbons (Fsp3) is 0.600. The Morgan fingerprint density at radius 2 is 2.00 bits per heavy atom. The summed E-state index contributed by atoms with van der Waals surface area (Å²) in [6.45, 7) is 0.0965. The summed E-state index contributed by atoms with van der Waals surface area (Å²) in [6, 6.07) is 10.5. The van der Waals surface area contributed by atoms with E-state index in [9.17, 15) is 15.2 Å². The quantitative estimate of drug-likeness (QED) is 0.860. The summed E-state index contributed by atoms with van der Waals surface area (Å²) in [5.74, 6) is -0.0827. The first-order chi connectivity index (χ1) is 12.1. The molecule has 1 atom stereocenters. The lowest BCUT2D eigenvalue weighted by Gasteiger charge is -2.40. The fourth-order valence-corrected chi connectivity index (χ4v) is 4.35. The Morgan fingerprint density at radius 3 is 2.68 bits per heavy atom. The first-order valence-electron chi connectivity index (χ1n) is 9.19. The molecule has 0 aromatic heterocycles. The molecule has 1 amide bonds. The molecule has 25 heavy (non-hydrogen) atoms. The third-order valence-corrected chi connectivity index (χ3v) is 6.11. The smallest absolute Gasteiger partial charge is 0.237 e. The average Bonchev–Trinajstić information content (AvgIpc) is 3.05. The van der Waals surface area contributed by atoms with Crippen molar-refractivity contribution in [1.29, 1.82) is 5.26 Å². The number of rotatable bonds is 5. The minimum absolute atomic E-state index is 0.0373. The maximum atomic E-state index is 12.8. The number of aliphatic hydroxyl groups excluding tert-OH is 1. The first-order valence-corrected chi connectivity index (χ1v) is 9.19. The van der Waals surface area contributed by atoms with Gasteiger partial charge in [-0.05, 0) is 36.8 Å². The number of amides is 1. The third kappa shape index (κ3) is 3.17. The predicted octanol–water partition coefficient (Wildman–Crippen LogP) is 2.09. The van der Waals surface area contributed by atoms with Crippen molar-refractivity contribution >= 4 is 5.91 Å². The van der Waals surface area contributed by atoms with E-state index in [1.54, 1.807) is 11.9 Å². The molecule has 0 aliphatic heterocycles. The number of aliphatic hydroxyl groups is 1. The van der Waals surface area contributed by atoms with Crippen molar-refractivity contribution < 1.29 is 9.90 Å². The minimum Gasteiger partial charge on any atom is -0.394 e. The standard InChI is InChI=1S/C20H27N3O2/c1-23(19(14-21)10-5-2-6-11-19)18(25)13-22-20(15-24)12-9-16-7-3-4-8-17(16)20/h3-4,7-8,22,24H,2,5-6,9-13,15H2,1H3. The second-order valence-electron chi connectivity index (χ2n) is 7.41. The van der Waals surface area contributed by atoms with Gasteiger partial charge in [-0.2, -0.15) is 5.26 Å². The van der Waals surface area contributed by atoms with Gasteiger partial charge in [-0.25, -0.2) is 0 Å². The molecule has 0 spiro atoms. The van der Waals surface area contributed by atoms with Crippen LogP contribution in [0, 0.1) is 11.3 Å². The normalized spacial score (nSPS) is 24.4. The van der Waals surface area contributed by atoms with Crippen molar-refractivity contribution in [2.45, 2.75) is 56.0 Å². The zero-order valence-corrected chi connectivity index (χ0v) is 14.9.